The Bertz CT molecular complexity index is 701. The van der Waals surface area contributed by atoms with Crippen LogP contribution in [0.3, 0.4) is 0 Å². The molecular weight excluding hydrogens is 336 g/mol. The van der Waals surface area contributed by atoms with Crippen molar-refractivity contribution in [1.82, 2.24) is 0 Å². The summed E-state index contributed by atoms with van der Waals surface area (Å²) in [6.45, 7) is 0.131. The standard InChI is InChI=1S/C20H26O6/c1-22-13-26-19-11-17(23-2)7-5-15(19)9-16(12-21)14-6-8-18(24-3)20(10-14)25-4/h5-8,10-11,16,21H,9,12-13H2,1-4H3. The molecule has 1 unspecified atom stereocenters. The Labute approximate surface area is 154 Å². The van der Waals surface area contributed by atoms with Crippen LogP contribution in [-0.4, -0.2) is 46.9 Å². The first-order valence-corrected chi connectivity index (χ1v) is 8.28. The molecule has 2 aromatic rings. The Morgan fingerprint density at radius 1 is 0.846 bits per heavy atom. The van der Waals surface area contributed by atoms with E-state index >= 15 is 0 Å². The van der Waals surface area contributed by atoms with Crippen LogP contribution in [0.15, 0.2) is 36.4 Å². The number of ether oxygens (including phenoxy) is 5. The van der Waals surface area contributed by atoms with Crippen molar-refractivity contribution in [1.29, 1.82) is 0 Å². The number of hydrogen-bond donors (Lipinski definition) is 1. The van der Waals surface area contributed by atoms with Crippen molar-refractivity contribution in [2.45, 2.75) is 12.3 Å². The molecule has 0 aliphatic rings. The van der Waals surface area contributed by atoms with Gasteiger partial charge in [0.25, 0.3) is 0 Å². The average molecular weight is 362 g/mol. The predicted molar refractivity (Wildman–Crippen MR) is 98.6 cm³/mol. The lowest BCUT2D eigenvalue weighted by molar-refractivity contribution is 0.0501. The number of aliphatic hydroxyl groups is 1. The summed E-state index contributed by atoms with van der Waals surface area (Å²) >= 11 is 0. The summed E-state index contributed by atoms with van der Waals surface area (Å²) in [7, 11) is 6.36. The second-order valence-corrected chi connectivity index (χ2v) is 5.72. The van der Waals surface area contributed by atoms with E-state index in [2.05, 4.69) is 0 Å². The van der Waals surface area contributed by atoms with E-state index in [1.54, 1.807) is 28.4 Å². The van der Waals surface area contributed by atoms with Crippen LogP contribution in [0.4, 0.5) is 0 Å². The maximum Gasteiger partial charge on any atom is 0.188 e. The van der Waals surface area contributed by atoms with Gasteiger partial charge in [-0.1, -0.05) is 12.1 Å². The molecule has 0 saturated carbocycles. The smallest absolute Gasteiger partial charge is 0.188 e. The van der Waals surface area contributed by atoms with Crippen molar-refractivity contribution >= 4 is 0 Å². The van der Waals surface area contributed by atoms with E-state index in [1.807, 2.05) is 36.4 Å². The number of methoxy groups -OCH3 is 4. The van der Waals surface area contributed by atoms with Gasteiger partial charge in [0.1, 0.15) is 11.5 Å². The molecule has 6 nitrogen and oxygen atoms in total. The lowest BCUT2D eigenvalue weighted by atomic mass is 9.92. The first-order valence-electron chi connectivity index (χ1n) is 8.28. The van der Waals surface area contributed by atoms with Gasteiger partial charge >= 0.3 is 0 Å². The molecule has 2 aromatic carbocycles. The molecule has 1 N–H and O–H groups in total. The van der Waals surface area contributed by atoms with Gasteiger partial charge in [-0.3, -0.25) is 0 Å². The second-order valence-electron chi connectivity index (χ2n) is 5.72. The van der Waals surface area contributed by atoms with E-state index in [0.29, 0.717) is 29.4 Å². The summed E-state index contributed by atoms with van der Waals surface area (Å²) in [5, 5.41) is 9.94. The van der Waals surface area contributed by atoms with Crippen LogP contribution in [-0.2, 0) is 11.2 Å². The van der Waals surface area contributed by atoms with Gasteiger partial charge in [-0.15, -0.1) is 0 Å². The van der Waals surface area contributed by atoms with Crippen LogP contribution in [0.2, 0.25) is 0 Å². The van der Waals surface area contributed by atoms with Crippen molar-refractivity contribution in [3.63, 3.8) is 0 Å². The fourth-order valence-electron chi connectivity index (χ4n) is 2.75. The zero-order valence-corrected chi connectivity index (χ0v) is 15.7. The fourth-order valence-corrected chi connectivity index (χ4v) is 2.75. The van der Waals surface area contributed by atoms with Gasteiger partial charge in [-0.25, -0.2) is 0 Å². The molecule has 1 atom stereocenters. The Hall–Kier alpha value is -2.44. The molecule has 2 rings (SSSR count). The van der Waals surface area contributed by atoms with E-state index < -0.39 is 0 Å². The van der Waals surface area contributed by atoms with Crippen LogP contribution in [0.5, 0.6) is 23.0 Å². The van der Waals surface area contributed by atoms with E-state index in [0.717, 1.165) is 11.1 Å². The highest BCUT2D eigenvalue weighted by Gasteiger charge is 2.17. The van der Waals surface area contributed by atoms with Crippen LogP contribution in [0, 0.1) is 0 Å². The summed E-state index contributed by atoms with van der Waals surface area (Å²) in [5.74, 6) is 2.54. The van der Waals surface area contributed by atoms with Gasteiger partial charge in [0.2, 0.25) is 0 Å². The summed E-state index contributed by atoms with van der Waals surface area (Å²) < 4.78 is 26.6. The zero-order valence-electron chi connectivity index (χ0n) is 15.7. The zero-order chi connectivity index (χ0) is 18.9. The third-order valence-electron chi connectivity index (χ3n) is 4.17. The summed E-state index contributed by atoms with van der Waals surface area (Å²) in [4.78, 5) is 0. The van der Waals surface area contributed by atoms with Gasteiger partial charge in [0, 0.05) is 19.1 Å². The molecule has 0 spiro atoms. The molecule has 0 heterocycles. The number of rotatable bonds is 10. The molecule has 0 aromatic heterocycles. The molecule has 0 bridgehead atoms. The lowest BCUT2D eigenvalue weighted by Gasteiger charge is -2.19. The fraction of sp³-hybridized carbons (Fsp3) is 0.400. The van der Waals surface area contributed by atoms with Gasteiger partial charge < -0.3 is 28.8 Å². The van der Waals surface area contributed by atoms with Gasteiger partial charge in [-0.05, 0) is 35.7 Å². The highest BCUT2D eigenvalue weighted by Crippen LogP contribution is 2.34. The van der Waals surface area contributed by atoms with Crippen molar-refractivity contribution in [3.05, 3.63) is 47.5 Å². The molecule has 0 radical (unpaired) electrons. The molecular formula is C20H26O6. The van der Waals surface area contributed by atoms with Gasteiger partial charge in [-0.2, -0.15) is 0 Å². The molecule has 0 fully saturated rings. The molecule has 0 aliphatic heterocycles. The van der Waals surface area contributed by atoms with Gasteiger partial charge in [0.15, 0.2) is 18.3 Å². The van der Waals surface area contributed by atoms with E-state index in [4.69, 9.17) is 23.7 Å². The SMILES string of the molecule is COCOc1cc(OC)ccc1CC(CO)c1ccc(OC)c(OC)c1. The summed E-state index contributed by atoms with van der Waals surface area (Å²) in [6, 6.07) is 11.3. The van der Waals surface area contributed by atoms with Crippen molar-refractivity contribution in [3.8, 4) is 23.0 Å². The van der Waals surface area contributed by atoms with Crippen LogP contribution in [0.1, 0.15) is 17.0 Å². The summed E-state index contributed by atoms with van der Waals surface area (Å²) in [6.07, 6.45) is 0.592. The third kappa shape index (κ3) is 4.80. The van der Waals surface area contributed by atoms with Crippen LogP contribution in [0.25, 0.3) is 0 Å². The lowest BCUT2D eigenvalue weighted by Crippen LogP contribution is -2.10. The minimum absolute atomic E-state index is 0.00870. The Kier molecular flexibility index (Phi) is 7.56. The van der Waals surface area contributed by atoms with E-state index in [1.165, 1.54) is 0 Å². The van der Waals surface area contributed by atoms with Gasteiger partial charge in [0.05, 0.1) is 27.9 Å². The Morgan fingerprint density at radius 2 is 1.62 bits per heavy atom. The van der Waals surface area contributed by atoms with Crippen LogP contribution >= 0.6 is 0 Å². The molecule has 6 heteroatoms. The van der Waals surface area contributed by atoms with E-state index in [-0.39, 0.29) is 19.3 Å². The Morgan fingerprint density at radius 3 is 2.23 bits per heavy atom. The highest BCUT2D eigenvalue weighted by atomic mass is 16.7. The first kappa shape index (κ1) is 19.9. The molecule has 0 amide bonds. The number of benzene rings is 2. The monoisotopic (exact) mass is 362 g/mol. The Balaban J connectivity index is 2.29. The van der Waals surface area contributed by atoms with Crippen molar-refractivity contribution in [2.75, 3.05) is 41.8 Å². The summed E-state index contributed by atoms with van der Waals surface area (Å²) in [5.41, 5.74) is 1.91. The maximum atomic E-state index is 9.94. The minimum atomic E-state index is -0.118. The molecule has 26 heavy (non-hydrogen) atoms. The van der Waals surface area contributed by atoms with E-state index in [9.17, 15) is 5.11 Å². The largest absolute Gasteiger partial charge is 0.497 e. The average Bonchev–Trinajstić information content (AvgIpc) is 2.70. The first-order chi connectivity index (χ1) is 12.7. The highest BCUT2D eigenvalue weighted by molar-refractivity contribution is 5.46. The van der Waals surface area contributed by atoms with Crippen LogP contribution < -0.4 is 18.9 Å². The normalized spacial score (nSPS) is 11.7. The molecule has 0 saturated heterocycles. The second kappa shape index (κ2) is 9.89. The van der Waals surface area contributed by atoms with Crippen molar-refractivity contribution in [2.24, 2.45) is 0 Å². The molecule has 0 aliphatic carbocycles. The van der Waals surface area contributed by atoms with Crippen molar-refractivity contribution < 1.29 is 28.8 Å². The molecule has 142 valence electrons. The maximum absolute atomic E-state index is 9.94. The third-order valence-corrected chi connectivity index (χ3v) is 4.17. The predicted octanol–water partition coefficient (Wildman–Crippen LogP) is 3.01. The number of hydrogen-bond acceptors (Lipinski definition) is 6. The topological polar surface area (TPSA) is 66.4 Å². The quantitative estimate of drug-likeness (QED) is 0.656. The minimum Gasteiger partial charge on any atom is -0.497 e. The number of aliphatic hydroxyl groups excluding tert-OH is 1.